The Hall–Kier alpha value is -3.82. The van der Waals surface area contributed by atoms with Crippen LogP contribution in [0, 0.1) is 11.3 Å². The molecule has 12 heteroatoms. The number of nitrogens with one attached hydrogen (secondary N) is 1. The minimum atomic E-state index is -4.84. The van der Waals surface area contributed by atoms with E-state index in [4.69, 9.17) is 14.7 Å². The number of nitrogens with zero attached hydrogens (tertiary/aromatic N) is 3. The minimum absolute atomic E-state index is 0.0462. The second-order valence-electron chi connectivity index (χ2n) is 6.46. The van der Waals surface area contributed by atoms with E-state index in [0.29, 0.717) is 11.0 Å². The third-order valence-electron chi connectivity index (χ3n) is 4.20. The summed E-state index contributed by atoms with van der Waals surface area (Å²) in [5.74, 6) is -1.43. The van der Waals surface area contributed by atoms with Crippen molar-refractivity contribution in [1.82, 2.24) is 10.2 Å². The molecule has 1 atom stereocenters. The summed E-state index contributed by atoms with van der Waals surface area (Å²) >= 11 is -1.31. The first-order chi connectivity index (χ1) is 15.6. The van der Waals surface area contributed by atoms with E-state index in [0.717, 1.165) is 0 Å². The highest BCUT2D eigenvalue weighted by atomic mass is 32.2. The molecule has 3 rings (SSSR count). The summed E-state index contributed by atoms with van der Waals surface area (Å²) in [4.78, 5) is 13.2. The molecule has 0 radical (unpaired) electrons. The molecule has 1 aromatic heterocycles. The Labute approximate surface area is 189 Å². The third-order valence-corrected chi connectivity index (χ3v) is 5.12. The van der Waals surface area contributed by atoms with Gasteiger partial charge in [-0.1, -0.05) is 6.07 Å². The van der Waals surface area contributed by atoms with Gasteiger partial charge < -0.3 is 19.3 Å². The molecule has 33 heavy (non-hydrogen) atoms. The Morgan fingerprint density at radius 3 is 2.52 bits per heavy atom. The monoisotopic (exact) mass is 476 g/mol. The van der Waals surface area contributed by atoms with E-state index in [2.05, 4.69) is 15.5 Å². The molecular weight excluding hydrogens is 461 g/mol. The summed E-state index contributed by atoms with van der Waals surface area (Å²) in [7, 11) is 1.29. The van der Waals surface area contributed by atoms with Crippen molar-refractivity contribution in [1.29, 1.82) is 5.26 Å². The maximum atomic E-state index is 13.2. The van der Waals surface area contributed by atoms with E-state index in [1.807, 2.05) is 6.07 Å². The molecule has 0 spiro atoms. The summed E-state index contributed by atoms with van der Waals surface area (Å²) in [6, 6.07) is 12.6. The average Bonchev–Trinajstić information content (AvgIpc) is 2.78. The van der Waals surface area contributed by atoms with Gasteiger partial charge in [-0.15, -0.1) is 10.2 Å². The predicted octanol–water partition coefficient (Wildman–Crippen LogP) is 4.16. The van der Waals surface area contributed by atoms with Crippen molar-refractivity contribution in [2.24, 2.45) is 0 Å². The average molecular weight is 476 g/mol. The second-order valence-corrected chi connectivity index (χ2v) is 7.84. The molecule has 0 aliphatic carbocycles. The summed E-state index contributed by atoms with van der Waals surface area (Å²) in [5, 5.41) is 18.0. The minimum Gasteiger partial charge on any atom is -0.612 e. The highest BCUT2D eigenvalue weighted by Gasteiger charge is 2.35. The Kier molecular flexibility index (Phi) is 7.05. The quantitative estimate of drug-likeness (QED) is 0.531. The van der Waals surface area contributed by atoms with E-state index < -0.39 is 40.4 Å². The number of hydrogen-bond donors (Lipinski definition) is 1. The molecule has 1 amide bonds. The van der Waals surface area contributed by atoms with Crippen molar-refractivity contribution in [3.05, 3.63) is 65.5 Å². The Bertz CT molecular complexity index is 1230. The molecular formula is C21H15F3N4O4S. The van der Waals surface area contributed by atoms with Crippen molar-refractivity contribution >= 4 is 22.8 Å². The molecule has 1 unspecified atom stereocenters. The zero-order valence-corrected chi connectivity index (χ0v) is 18.0. The van der Waals surface area contributed by atoms with E-state index in [-0.39, 0.29) is 22.7 Å². The summed E-state index contributed by atoms with van der Waals surface area (Å²) in [5.41, 5.74) is -1.42. The number of amides is 1. The van der Waals surface area contributed by atoms with Gasteiger partial charge in [-0.05, 0) is 35.4 Å². The van der Waals surface area contributed by atoms with Crippen LogP contribution in [0.3, 0.4) is 0 Å². The van der Waals surface area contributed by atoms with Gasteiger partial charge in [0.25, 0.3) is 5.91 Å². The molecule has 0 saturated carbocycles. The van der Waals surface area contributed by atoms with Crippen molar-refractivity contribution in [2.75, 3.05) is 18.7 Å². The summed E-state index contributed by atoms with van der Waals surface area (Å²) < 4.78 is 61.9. The van der Waals surface area contributed by atoms with Gasteiger partial charge in [0, 0.05) is 23.9 Å². The number of carbonyl (C=O) groups is 1. The van der Waals surface area contributed by atoms with Crippen molar-refractivity contribution < 1.29 is 32.0 Å². The van der Waals surface area contributed by atoms with Crippen LogP contribution in [0.15, 0.2) is 53.4 Å². The maximum absolute atomic E-state index is 13.2. The largest absolute Gasteiger partial charge is 0.612 e. The van der Waals surface area contributed by atoms with Crippen LogP contribution < -0.4 is 14.8 Å². The number of nitriles is 1. The zero-order chi connectivity index (χ0) is 24.2. The number of aromatic nitrogens is 2. The number of hydrogen-bond acceptors (Lipinski definition) is 7. The fourth-order valence-electron chi connectivity index (χ4n) is 2.63. The molecule has 1 heterocycles. The SMILES string of the molecule is COc1cc(C#N)ccc1Oc1cc(C(F)(F)F)nnc1C(=O)Nc1cccc([S+](C)[O-])c1. The number of carbonyl (C=O) groups excluding carboxylic acids is 1. The first kappa shape index (κ1) is 23.8. The normalized spacial score (nSPS) is 11.9. The summed E-state index contributed by atoms with van der Waals surface area (Å²) in [6.07, 6.45) is -3.38. The molecule has 2 aromatic carbocycles. The van der Waals surface area contributed by atoms with Crippen molar-refractivity contribution in [2.45, 2.75) is 11.1 Å². The number of alkyl halides is 3. The Morgan fingerprint density at radius 2 is 1.88 bits per heavy atom. The zero-order valence-electron chi connectivity index (χ0n) is 17.1. The fourth-order valence-corrected chi connectivity index (χ4v) is 3.19. The molecule has 0 aliphatic heterocycles. The molecule has 0 bridgehead atoms. The third kappa shape index (κ3) is 5.71. The van der Waals surface area contributed by atoms with Crippen LogP contribution >= 0.6 is 0 Å². The van der Waals surface area contributed by atoms with E-state index in [9.17, 15) is 22.5 Å². The van der Waals surface area contributed by atoms with Gasteiger partial charge in [-0.2, -0.15) is 18.4 Å². The van der Waals surface area contributed by atoms with Crippen LogP contribution in [0.2, 0.25) is 0 Å². The van der Waals surface area contributed by atoms with Crippen LogP contribution in [0.1, 0.15) is 21.7 Å². The van der Waals surface area contributed by atoms with Gasteiger partial charge in [0.1, 0.15) is 6.26 Å². The molecule has 0 aliphatic rings. The predicted molar refractivity (Wildman–Crippen MR) is 112 cm³/mol. The second kappa shape index (κ2) is 9.76. The number of rotatable bonds is 6. The van der Waals surface area contributed by atoms with E-state index in [1.165, 1.54) is 43.7 Å². The highest BCUT2D eigenvalue weighted by Crippen LogP contribution is 2.36. The fraction of sp³-hybridized carbons (Fsp3) is 0.143. The van der Waals surface area contributed by atoms with Crippen LogP contribution in [0.25, 0.3) is 0 Å². The lowest BCUT2D eigenvalue weighted by atomic mass is 10.2. The first-order valence-electron chi connectivity index (χ1n) is 9.08. The van der Waals surface area contributed by atoms with Gasteiger partial charge in [0.2, 0.25) is 0 Å². The van der Waals surface area contributed by atoms with Crippen LogP contribution in [0.5, 0.6) is 17.2 Å². The number of methoxy groups -OCH3 is 1. The lowest BCUT2D eigenvalue weighted by molar-refractivity contribution is -0.141. The van der Waals surface area contributed by atoms with Gasteiger partial charge in [-0.25, -0.2) is 0 Å². The van der Waals surface area contributed by atoms with Crippen LogP contribution in [-0.4, -0.2) is 34.0 Å². The number of ether oxygens (including phenoxy) is 2. The first-order valence-corrected chi connectivity index (χ1v) is 10.6. The van der Waals surface area contributed by atoms with Crippen molar-refractivity contribution in [3.63, 3.8) is 0 Å². The number of halogens is 3. The van der Waals surface area contributed by atoms with Gasteiger partial charge >= 0.3 is 6.18 Å². The molecule has 8 nitrogen and oxygen atoms in total. The maximum Gasteiger partial charge on any atom is 0.435 e. The topological polar surface area (TPSA) is 120 Å². The van der Waals surface area contributed by atoms with E-state index >= 15 is 0 Å². The molecule has 1 N–H and O–H groups in total. The smallest absolute Gasteiger partial charge is 0.435 e. The van der Waals surface area contributed by atoms with Crippen LogP contribution in [0.4, 0.5) is 18.9 Å². The standard InChI is InChI=1S/C21H15F3N4O4S/c1-31-16-8-12(11-25)6-7-15(16)32-17-10-18(21(22,23)24)27-28-19(17)20(29)26-13-4-3-5-14(9-13)33(2)30/h3-10H,1-2H3,(H,26,29). The van der Waals surface area contributed by atoms with Gasteiger partial charge in [0.15, 0.2) is 33.5 Å². The van der Waals surface area contributed by atoms with E-state index in [1.54, 1.807) is 12.1 Å². The van der Waals surface area contributed by atoms with Gasteiger partial charge in [0.05, 0.1) is 18.7 Å². The molecule has 3 aromatic rings. The summed E-state index contributed by atoms with van der Waals surface area (Å²) in [6.45, 7) is 0. The molecule has 0 saturated heterocycles. The highest BCUT2D eigenvalue weighted by molar-refractivity contribution is 7.90. The Morgan fingerprint density at radius 1 is 1.12 bits per heavy atom. The van der Waals surface area contributed by atoms with Crippen molar-refractivity contribution in [3.8, 4) is 23.3 Å². The van der Waals surface area contributed by atoms with Gasteiger partial charge in [-0.3, -0.25) is 4.79 Å². The molecule has 0 fully saturated rings. The number of anilines is 1. The number of benzene rings is 2. The molecule has 170 valence electrons. The Balaban J connectivity index is 2.01. The lowest BCUT2D eigenvalue weighted by Gasteiger charge is -2.15. The lowest BCUT2D eigenvalue weighted by Crippen LogP contribution is -2.18. The van der Waals surface area contributed by atoms with Crippen LogP contribution in [-0.2, 0) is 17.4 Å².